The molecule has 0 aliphatic carbocycles. The van der Waals surface area contributed by atoms with Crippen LogP contribution >= 0.6 is 0 Å². The van der Waals surface area contributed by atoms with E-state index in [1.165, 1.54) is 0 Å². The molecule has 1 aromatic carbocycles. The minimum absolute atomic E-state index is 0.0265. The number of rotatable bonds is 5. The summed E-state index contributed by atoms with van der Waals surface area (Å²) in [5, 5.41) is 12.2. The van der Waals surface area contributed by atoms with E-state index in [0.29, 0.717) is 25.4 Å². The van der Waals surface area contributed by atoms with E-state index in [1.807, 2.05) is 36.4 Å². The molecule has 23 heavy (non-hydrogen) atoms. The Morgan fingerprint density at radius 3 is 2.87 bits per heavy atom. The molecule has 2 heterocycles. The van der Waals surface area contributed by atoms with Crippen LogP contribution in [-0.2, 0) is 16.1 Å². The number of ether oxygens (including phenoxy) is 2. The van der Waals surface area contributed by atoms with E-state index in [-0.39, 0.29) is 12.1 Å². The Kier molecular flexibility index (Phi) is 5.20. The third-order valence-electron chi connectivity index (χ3n) is 3.84. The second-order valence-corrected chi connectivity index (χ2v) is 5.49. The molecule has 0 radical (unpaired) electrons. The largest absolute Gasteiger partial charge is 0.379 e. The molecule has 0 spiro atoms. The highest BCUT2D eigenvalue weighted by molar-refractivity contribution is 5.40. The molecule has 2 aromatic rings. The standard InChI is InChI=1S/C18H19N3O2/c19-10-15-6-7-18(20-11-15)21-16-8-9-22-13-17(16)23-12-14-4-2-1-3-5-14/h1-7,11,16-17H,8-9,12-13H2,(H,20,21). The van der Waals surface area contributed by atoms with Crippen LogP contribution in [0.15, 0.2) is 48.7 Å². The van der Waals surface area contributed by atoms with E-state index in [4.69, 9.17) is 14.7 Å². The van der Waals surface area contributed by atoms with Crippen LogP contribution in [0, 0.1) is 11.3 Å². The SMILES string of the molecule is N#Cc1ccc(NC2CCOCC2OCc2ccccc2)nc1. The Morgan fingerprint density at radius 1 is 1.26 bits per heavy atom. The first-order chi connectivity index (χ1) is 11.3. The minimum Gasteiger partial charge on any atom is -0.379 e. The van der Waals surface area contributed by atoms with Gasteiger partial charge in [0.05, 0.1) is 24.8 Å². The number of nitrogens with one attached hydrogen (secondary N) is 1. The van der Waals surface area contributed by atoms with E-state index in [9.17, 15) is 0 Å². The summed E-state index contributed by atoms with van der Waals surface area (Å²) in [6, 6.07) is 15.9. The third kappa shape index (κ3) is 4.28. The smallest absolute Gasteiger partial charge is 0.126 e. The lowest BCUT2D eigenvalue weighted by molar-refractivity contribution is -0.0637. The van der Waals surface area contributed by atoms with Gasteiger partial charge in [-0.2, -0.15) is 5.26 Å². The molecule has 1 N–H and O–H groups in total. The summed E-state index contributed by atoms with van der Waals surface area (Å²) in [6.07, 6.45) is 2.41. The Morgan fingerprint density at radius 2 is 2.13 bits per heavy atom. The molecule has 1 aromatic heterocycles. The van der Waals surface area contributed by atoms with E-state index in [0.717, 1.165) is 17.8 Å². The number of nitrogens with zero attached hydrogens (tertiary/aromatic N) is 2. The maximum absolute atomic E-state index is 8.82. The fourth-order valence-corrected chi connectivity index (χ4v) is 2.55. The third-order valence-corrected chi connectivity index (χ3v) is 3.84. The molecular weight excluding hydrogens is 290 g/mol. The average Bonchev–Trinajstić information content (AvgIpc) is 2.62. The molecule has 1 aliphatic rings. The first-order valence-corrected chi connectivity index (χ1v) is 7.71. The van der Waals surface area contributed by atoms with Crippen molar-refractivity contribution in [3.8, 4) is 6.07 Å². The molecule has 0 bridgehead atoms. The van der Waals surface area contributed by atoms with Crippen LogP contribution in [0.2, 0.25) is 0 Å². The number of pyridine rings is 1. The quantitative estimate of drug-likeness (QED) is 0.920. The van der Waals surface area contributed by atoms with Gasteiger partial charge < -0.3 is 14.8 Å². The second kappa shape index (κ2) is 7.73. The Bertz CT molecular complexity index is 652. The predicted octanol–water partition coefficient (Wildman–Crippen LogP) is 2.74. The van der Waals surface area contributed by atoms with Gasteiger partial charge in [-0.25, -0.2) is 4.98 Å². The van der Waals surface area contributed by atoms with Crippen LogP contribution in [0.25, 0.3) is 0 Å². The van der Waals surface area contributed by atoms with Crippen molar-refractivity contribution in [1.29, 1.82) is 5.26 Å². The van der Waals surface area contributed by atoms with Gasteiger partial charge >= 0.3 is 0 Å². The fraction of sp³-hybridized carbons (Fsp3) is 0.333. The van der Waals surface area contributed by atoms with Gasteiger partial charge in [-0.05, 0) is 24.1 Å². The molecule has 2 atom stereocenters. The molecule has 2 unspecified atom stereocenters. The molecule has 5 heteroatoms. The zero-order valence-electron chi connectivity index (χ0n) is 12.8. The van der Waals surface area contributed by atoms with Gasteiger partial charge in [-0.3, -0.25) is 0 Å². The van der Waals surface area contributed by atoms with E-state index < -0.39 is 0 Å². The number of anilines is 1. The van der Waals surface area contributed by atoms with Crippen molar-refractivity contribution in [2.75, 3.05) is 18.5 Å². The highest BCUT2D eigenvalue weighted by Crippen LogP contribution is 2.18. The summed E-state index contributed by atoms with van der Waals surface area (Å²) >= 11 is 0. The number of aromatic nitrogens is 1. The number of benzene rings is 1. The number of hydrogen-bond acceptors (Lipinski definition) is 5. The van der Waals surface area contributed by atoms with Crippen molar-refractivity contribution in [2.24, 2.45) is 0 Å². The van der Waals surface area contributed by atoms with Crippen molar-refractivity contribution < 1.29 is 9.47 Å². The van der Waals surface area contributed by atoms with Crippen LogP contribution < -0.4 is 5.32 Å². The molecule has 1 saturated heterocycles. The van der Waals surface area contributed by atoms with Crippen LogP contribution in [0.5, 0.6) is 0 Å². The van der Waals surface area contributed by atoms with E-state index in [2.05, 4.69) is 16.4 Å². The van der Waals surface area contributed by atoms with Crippen molar-refractivity contribution in [1.82, 2.24) is 4.98 Å². The Labute approximate surface area is 135 Å². The summed E-state index contributed by atoms with van der Waals surface area (Å²) < 4.78 is 11.6. The van der Waals surface area contributed by atoms with Gasteiger partial charge in [-0.1, -0.05) is 30.3 Å². The summed E-state index contributed by atoms with van der Waals surface area (Å²) in [7, 11) is 0. The number of nitriles is 1. The monoisotopic (exact) mass is 309 g/mol. The van der Waals surface area contributed by atoms with Gasteiger partial charge in [0.1, 0.15) is 18.0 Å². The lowest BCUT2D eigenvalue weighted by atomic mass is 10.1. The van der Waals surface area contributed by atoms with Crippen LogP contribution in [0.4, 0.5) is 5.82 Å². The molecule has 5 nitrogen and oxygen atoms in total. The summed E-state index contributed by atoms with van der Waals surface area (Å²) in [6.45, 7) is 1.84. The van der Waals surface area contributed by atoms with Crippen molar-refractivity contribution in [2.45, 2.75) is 25.2 Å². The molecule has 1 aliphatic heterocycles. The predicted molar refractivity (Wildman–Crippen MR) is 86.8 cm³/mol. The van der Waals surface area contributed by atoms with Gasteiger partial charge in [0, 0.05) is 12.8 Å². The van der Waals surface area contributed by atoms with Gasteiger partial charge in [0.25, 0.3) is 0 Å². The molecule has 3 rings (SSSR count). The molecule has 0 saturated carbocycles. The van der Waals surface area contributed by atoms with E-state index >= 15 is 0 Å². The molecular formula is C18H19N3O2. The average molecular weight is 309 g/mol. The minimum atomic E-state index is -0.0265. The van der Waals surface area contributed by atoms with Crippen molar-refractivity contribution in [3.63, 3.8) is 0 Å². The highest BCUT2D eigenvalue weighted by Gasteiger charge is 2.26. The van der Waals surface area contributed by atoms with Crippen LogP contribution in [0.1, 0.15) is 17.5 Å². The van der Waals surface area contributed by atoms with Crippen molar-refractivity contribution in [3.05, 3.63) is 59.8 Å². The zero-order chi connectivity index (χ0) is 15.9. The molecule has 1 fully saturated rings. The van der Waals surface area contributed by atoms with E-state index in [1.54, 1.807) is 12.3 Å². The fourth-order valence-electron chi connectivity index (χ4n) is 2.55. The van der Waals surface area contributed by atoms with Gasteiger partial charge in [-0.15, -0.1) is 0 Å². The first kappa shape index (κ1) is 15.5. The highest BCUT2D eigenvalue weighted by atomic mass is 16.5. The summed E-state index contributed by atoms with van der Waals surface area (Å²) in [4.78, 5) is 4.27. The molecule has 118 valence electrons. The summed E-state index contributed by atoms with van der Waals surface area (Å²) in [5.74, 6) is 0.754. The lowest BCUT2D eigenvalue weighted by Gasteiger charge is -2.32. The second-order valence-electron chi connectivity index (χ2n) is 5.49. The van der Waals surface area contributed by atoms with Crippen molar-refractivity contribution >= 4 is 5.82 Å². The maximum atomic E-state index is 8.82. The first-order valence-electron chi connectivity index (χ1n) is 7.71. The van der Waals surface area contributed by atoms with Crippen LogP contribution in [0.3, 0.4) is 0 Å². The normalized spacial score (nSPS) is 20.7. The van der Waals surface area contributed by atoms with Gasteiger partial charge in [0.2, 0.25) is 0 Å². The topological polar surface area (TPSA) is 67.2 Å². The van der Waals surface area contributed by atoms with Crippen LogP contribution in [-0.4, -0.2) is 30.3 Å². The maximum Gasteiger partial charge on any atom is 0.126 e. The number of hydrogen-bond donors (Lipinski definition) is 1. The zero-order valence-corrected chi connectivity index (χ0v) is 12.8. The Hall–Kier alpha value is -2.42. The molecule has 0 amide bonds. The van der Waals surface area contributed by atoms with Gasteiger partial charge in [0.15, 0.2) is 0 Å². The lowest BCUT2D eigenvalue weighted by Crippen LogP contribution is -2.43. The summed E-state index contributed by atoms with van der Waals surface area (Å²) in [5.41, 5.74) is 1.70. The Balaban J connectivity index is 1.60.